The smallest absolute Gasteiger partial charge is 0.236 e. The van der Waals surface area contributed by atoms with Gasteiger partial charge in [0.25, 0.3) is 0 Å². The predicted molar refractivity (Wildman–Crippen MR) is 105 cm³/mol. The van der Waals surface area contributed by atoms with Crippen LogP contribution in [0.1, 0.15) is 37.3 Å². The van der Waals surface area contributed by atoms with Gasteiger partial charge in [0.2, 0.25) is 10.0 Å². The first-order chi connectivity index (χ1) is 11.9. The molecule has 3 rings (SSSR count). The Kier molecular flexibility index (Phi) is 5.33. The molecule has 0 amide bonds. The van der Waals surface area contributed by atoms with E-state index in [2.05, 4.69) is 22.6 Å². The first-order valence-corrected chi connectivity index (χ1v) is 10.5. The Hall–Kier alpha value is -2.01. The van der Waals surface area contributed by atoms with Crippen LogP contribution in [0.4, 0.5) is 11.4 Å². The summed E-state index contributed by atoms with van der Waals surface area (Å²) in [7, 11) is -3.42. The molecule has 2 aromatic rings. The molecule has 1 unspecified atom stereocenters. The van der Waals surface area contributed by atoms with Gasteiger partial charge >= 0.3 is 0 Å². The number of aryl methyl sites for hydroxylation is 1. The molecular weight excluding hydrogens is 332 g/mol. The van der Waals surface area contributed by atoms with Crippen LogP contribution in [0.15, 0.2) is 48.5 Å². The molecule has 1 aliphatic rings. The minimum absolute atomic E-state index is 0.0157. The second-order valence-electron chi connectivity index (χ2n) is 6.88. The highest BCUT2D eigenvalue weighted by Gasteiger charge is 2.19. The summed E-state index contributed by atoms with van der Waals surface area (Å²) in [5.41, 5.74) is 3.57. The van der Waals surface area contributed by atoms with Crippen LogP contribution in [-0.2, 0) is 15.8 Å². The molecule has 0 bridgehead atoms. The Balaban J connectivity index is 1.74. The highest BCUT2D eigenvalue weighted by Crippen LogP contribution is 2.28. The van der Waals surface area contributed by atoms with E-state index in [0.717, 1.165) is 17.7 Å². The third-order valence-corrected chi connectivity index (χ3v) is 6.05. The van der Waals surface area contributed by atoms with E-state index in [-0.39, 0.29) is 5.75 Å². The van der Waals surface area contributed by atoms with Gasteiger partial charge in [-0.05, 0) is 62.4 Å². The summed E-state index contributed by atoms with van der Waals surface area (Å²) in [5.74, 6) is -0.0157. The summed E-state index contributed by atoms with van der Waals surface area (Å²) in [4.78, 5) is 2.42. The maximum atomic E-state index is 12.4. The van der Waals surface area contributed by atoms with E-state index >= 15 is 0 Å². The summed E-state index contributed by atoms with van der Waals surface area (Å²) in [6.45, 7) is 5.28. The molecule has 0 aliphatic carbocycles. The number of anilines is 2. The Labute approximate surface area is 150 Å². The highest BCUT2D eigenvalue weighted by molar-refractivity contribution is 7.91. The van der Waals surface area contributed by atoms with Gasteiger partial charge in [-0.25, -0.2) is 8.42 Å². The van der Waals surface area contributed by atoms with Crippen molar-refractivity contribution in [2.24, 2.45) is 0 Å². The molecule has 0 spiro atoms. The Bertz CT molecular complexity index is 819. The molecule has 4 nitrogen and oxygen atoms in total. The van der Waals surface area contributed by atoms with Crippen molar-refractivity contribution in [3.05, 3.63) is 59.7 Å². The number of nitrogens with one attached hydrogen (secondary N) is 1. The van der Waals surface area contributed by atoms with Gasteiger partial charge in [-0.2, -0.15) is 0 Å². The Morgan fingerprint density at radius 2 is 1.88 bits per heavy atom. The molecule has 5 heteroatoms. The predicted octanol–water partition coefficient (Wildman–Crippen LogP) is 4.32. The monoisotopic (exact) mass is 358 g/mol. The molecular formula is C20H26N2O2S. The summed E-state index contributed by atoms with van der Waals surface area (Å²) >= 11 is 0. The zero-order valence-electron chi connectivity index (χ0n) is 14.9. The van der Waals surface area contributed by atoms with Crippen LogP contribution in [0.25, 0.3) is 0 Å². The molecule has 1 heterocycles. The average Bonchev–Trinajstić information content (AvgIpc) is 2.57. The fourth-order valence-electron chi connectivity index (χ4n) is 3.42. The zero-order valence-corrected chi connectivity index (χ0v) is 15.7. The summed E-state index contributed by atoms with van der Waals surface area (Å²) in [6, 6.07) is 15.8. The van der Waals surface area contributed by atoms with Crippen molar-refractivity contribution >= 4 is 21.4 Å². The van der Waals surface area contributed by atoms with E-state index in [0.29, 0.717) is 11.7 Å². The lowest BCUT2D eigenvalue weighted by Gasteiger charge is -2.35. The van der Waals surface area contributed by atoms with Crippen molar-refractivity contribution in [1.29, 1.82) is 0 Å². The lowest BCUT2D eigenvalue weighted by Crippen LogP contribution is -2.37. The first-order valence-electron chi connectivity index (χ1n) is 8.86. The number of nitrogens with zero attached hydrogens (tertiary/aromatic N) is 1. The minimum Gasteiger partial charge on any atom is -0.369 e. The van der Waals surface area contributed by atoms with Gasteiger partial charge in [0.1, 0.15) is 0 Å². The molecule has 1 atom stereocenters. The number of piperidine rings is 1. The topological polar surface area (TPSA) is 49.4 Å². The third-order valence-electron chi connectivity index (χ3n) is 4.81. The van der Waals surface area contributed by atoms with Crippen LogP contribution in [0, 0.1) is 6.92 Å². The van der Waals surface area contributed by atoms with Crippen LogP contribution >= 0.6 is 0 Å². The highest BCUT2D eigenvalue weighted by atomic mass is 32.2. The molecule has 1 aliphatic heterocycles. The summed E-state index contributed by atoms with van der Waals surface area (Å²) in [6.07, 6.45) is 3.72. The van der Waals surface area contributed by atoms with Crippen molar-refractivity contribution in [2.45, 2.75) is 44.9 Å². The zero-order chi connectivity index (χ0) is 17.9. The fourth-order valence-corrected chi connectivity index (χ4v) is 4.69. The maximum absolute atomic E-state index is 12.4. The van der Waals surface area contributed by atoms with Crippen LogP contribution in [-0.4, -0.2) is 21.0 Å². The van der Waals surface area contributed by atoms with Crippen LogP contribution in [0.3, 0.4) is 0 Å². The second kappa shape index (κ2) is 7.48. The lowest BCUT2D eigenvalue weighted by atomic mass is 10.0. The summed E-state index contributed by atoms with van der Waals surface area (Å²) < 4.78 is 27.6. The van der Waals surface area contributed by atoms with Crippen LogP contribution in [0.2, 0.25) is 0 Å². The lowest BCUT2D eigenvalue weighted by molar-refractivity contribution is 0.485. The molecule has 1 N–H and O–H groups in total. The van der Waals surface area contributed by atoms with Gasteiger partial charge in [0.15, 0.2) is 0 Å². The molecule has 2 aromatic carbocycles. The average molecular weight is 359 g/mol. The number of benzene rings is 2. The normalized spacial score (nSPS) is 18.2. The first kappa shape index (κ1) is 17.8. The van der Waals surface area contributed by atoms with Gasteiger partial charge in [-0.3, -0.25) is 4.72 Å². The van der Waals surface area contributed by atoms with Crippen molar-refractivity contribution < 1.29 is 8.42 Å². The number of hydrogen-bond acceptors (Lipinski definition) is 3. The van der Waals surface area contributed by atoms with E-state index in [4.69, 9.17) is 0 Å². The fraction of sp³-hybridized carbons (Fsp3) is 0.400. The number of sulfonamides is 1. The second-order valence-corrected chi connectivity index (χ2v) is 8.61. The van der Waals surface area contributed by atoms with Gasteiger partial charge in [-0.15, -0.1) is 0 Å². The molecule has 0 saturated carbocycles. The minimum atomic E-state index is -3.42. The van der Waals surface area contributed by atoms with E-state index in [1.807, 2.05) is 49.4 Å². The SMILES string of the molecule is Cc1cc(N2CCCCC2C)ccc1NS(=O)(=O)Cc1ccccc1. The van der Waals surface area contributed by atoms with Gasteiger partial charge in [-0.1, -0.05) is 30.3 Å². The van der Waals surface area contributed by atoms with Gasteiger partial charge in [0.05, 0.1) is 11.4 Å². The largest absolute Gasteiger partial charge is 0.369 e. The van der Waals surface area contributed by atoms with E-state index in [1.54, 1.807) is 0 Å². The Morgan fingerprint density at radius 1 is 1.12 bits per heavy atom. The van der Waals surface area contributed by atoms with E-state index < -0.39 is 10.0 Å². The quantitative estimate of drug-likeness (QED) is 0.866. The van der Waals surface area contributed by atoms with Crippen molar-refractivity contribution in [3.8, 4) is 0 Å². The molecule has 0 aromatic heterocycles. The number of rotatable bonds is 5. The standard InChI is InChI=1S/C20H26N2O2S/c1-16-14-19(22-13-7-6-8-17(22)2)11-12-20(16)21-25(23,24)15-18-9-4-3-5-10-18/h3-5,9-12,14,17,21H,6-8,13,15H2,1-2H3. The number of hydrogen-bond donors (Lipinski definition) is 1. The molecule has 0 radical (unpaired) electrons. The Morgan fingerprint density at radius 3 is 2.56 bits per heavy atom. The maximum Gasteiger partial charge on any atom is 0.236 e. The van der Waals surface area contributed by atoms with E-state index in [9.17, 15) is 8.42 Å². The molecule has 134 valence electrons. The van der Waals surface area contributed by atoms with Gasteiger partial charge in [0, 0.05) is 18.3 Å². The summed E-state index contributed by atoms with van der Waals surface area (Å²) in [5, 5.41) is 0. The van der Waals surface area contributed by atoms with Crippen molar-refractivity contribution in [2.75, 3.05) is 16.2 Å². The van der Waals surface area contributed by atoms with Crippen LogP contribution < -0.4 is 9.62 Å². The van der Waals surface area contributed by atoms with Crippen LogP contribution in [0.5, 0.6) is 0 Å². The molecule has 1 saturated heterocycles. The van der Waals surface area contributed by atoms with E-state index in [1.165, 1.54) is 24.9 Å². The molecule has 1 fully saturated rings. The van der Waals surface area contributed by atoms with Crippen molar-refractivity contribution in [1.82, 2.24) is 0 Å². The molecule has 25 heavy (non-hydrogen) atoms. The third kappa shape index (κ3) is 4.54. The van der Waals surface area contributed by atoms with Crippen molar-refractivity contribution in [3.63, 3.8) is 0 Å². The van der Waals surface area contributed by atoms with Gasteiger partial charge < -0.3 is 4.90 Å².